The van der Waals surface area contributed by atoms with Crippen molar-refractivity contribution in [3.63, 3.8) is 0 Å². The highest BCUT2D eigenvalue weighted by molar-refractivity contribution is 5.75. The zero-order valence-corrected chi connectivity index (χ0v) is 13.1. The van der Waals surface area contributed by atoms with Gasteiger partial charge >= 0.3 is 5.97 Å². The maximum Gasteiger partial charge on any atom is 0.311 e. The van der Waals surface area contributed by atoms with Crippen LogP contribution in [0.2, 0.25) is 0 Å². The van der Waals surface area contributed by atoms with E-state index in [0.29, 0.717) is 6.54 Å². The van der Waals surface area contributed by atoms with E-state index in [2.05, 4.69) is 37.4 Å². The number of rotatable bonds is 2. The molecule has 1 aromatic carbocycles. The molecule has 0 amide bonds. The summed E-state index contributed by atoms with van der Waals surface area (Å²) in [5.41, 5.74) is 3.41. The summed E-state index contributed by atoms with van der Waals surface area (Å²) in [5, 5.41) is 3.33. The average molecular weight is 275 g/mol. The minimum atomic E-state index is -0.425. The van der Waals surface area contributed by atoms with Gasteiger partial charge in [-0.3, -0.25) is 4.79 Å². The first-order chi connectivity index (χ1) is 9.29. The Morgan fingerprint density at radius 1 is 1.25 bits per heavy atom. The minimum Gasteiger partial charge on any atom is -0.460 e. The molecule has 2 atom stereocenters. The summed E-state index contributed by atoms with van der Waals surface area (Å²) in [6.45, 7) is 11.5. The van der Waals surface area contributed by atoms with Gasteiger partial charge < -0.3 is 10.1 Å². The largest absolute Gasteiger partial charge is 0.460 e. The lowest BCUT2D eigenvalue weighted by atomic mass is 9.85. The molecule has 3 heteroatoms. The maximum absolute atomic E-state index is 12.4. The van der Waals surface area contributed by atoms with Gasteiger partial charge in [-0.2, -0.15) is 0 Å². The van der Waals surface area contributed by atoms with Gasteiger partial charge in [0.15, 0.2) is 0 Å². The summed E-state index contributed by atoms with van der Waals surface area (Å²) in [4.78, 5) is 12.4. The number of ether oxygens (including phenoxy) is 1. The summed E-state index contributed by atoms with van der Waals surface area (Å²) in [6.07, 6.45) is 0. The molecule has 1 saturated heterocycles. The van der Waals surface area contributed by atoms with E-state index in [0.717, 1.165) is 6.54 Å². The zero-order valence-electron chi connectivity index (χ0n) is 13.1. The highest BCUT2D eigenvalue weighted by atomic mass is 16.6. The predicted molar refractivity (Wildman–Crippen MR) is 80.9 cm³/mol. The van der Waals surface area contributed by atoms with Crippen LogP contribution in [-0.4, -0.2) is 24.7 Å². The Bertz CT molecular complexity index is 502. The molecule has 1 N–H and O–H groups in total. The topological polar surface area (TPSA) is 38.3 Å². The number of benzene rings is 1. The van der Waals surface area contributed by atoms with E-state index in [1.807, 2.05) is 20.8 Å². The number of hydrogen-bond donors (Lipinski definition) is 1. The lowest BCUT2D eigenvalue weighted by molar-refractivity contribution is -0.159. The standard InChI is InChI=1S/C17H25NO2/c1-11-7-6-8-13(12(11)2)14-9-18-10-15(14)16(19)20-17(3,4)5/h6-8,14-15,18H,9-10H2,1-5H3/t14-,15+/m0/s1. The zero-order chi connectivity index (χ0) is 14.9. The van der Waals surface area contributed by atoms with Crippen LogP contribution in [-0.2, 0) is 9.53 Å². The van der Waals surface area contributed by atoms with Gasteiger partial charge in [0, 0.05) is 19.0 Å². The van der Waals surface area contributed by atoms with Crippen LogP contribution in [0, 0.1) is 19.8 Å². The molecule has 0 aliphatic carbocycles. The third kappa shape index (κ3) is 3.21. The molecule has 1 aromatic rings. The number of aryl methyl sites for hydroxylation is 1. The van der Waals surface area contributed by atoms with E-state index in [1.54, 1.807) is 0 Å². The molecule has 0 saturated carbocycles. The molecule has 0 spiro atoms. The quantitative estimate of drug-likeness (QED) is 0.843. The Hall–Kier alpha value is -1.35. The average Bonchev–Trinajstić information content (AvgIpc) is 2.79. The first-order valence-corrected chi connectivity index (χ1v) is 7.29. The van der Waals surface area contributed by atoms with Gasteiger partial charge in [0.2, 0.25) is 0 Å². The molecule has 0 radical (unpaired) electrons. The van der Waals surface area contributed by atoms with E-state index in [-0.39, 0.29) is 17.8 Å². The van der Waals surface area contributed by atoms with Crippen molar-refractivity contribution in [3.05, 3.63) is 34.9 Å². The van der Waals surface area contributed by atoms with Gasteiger partial charge in [-0.25, -0.2) is 0 Å². The monoisotopic (exact) mass is 275 g/mol. The number of nitrogens with one attached hydrogen (secondary N) is 1. The molecule has 1 aliphatic rings. The van der Waals surface area contributed by atoms with Crippen LogP contribution >= 0.6 is 0 Å². The van der Waals surface area contributed by atoms with E-state index in [4.69, 9.17) is 4.74 Å². The Morgan fingerprint density at radius 3 is 2.60 bits per heavy atom. The number of carbonyl (C=O) groups is 1. The Morgan fingerprint density at radius 2 is 1.95 bits per heavy atom. The summed E-state index contributed by atoms with van der Waals surface area (Å²) in [5.74, 6) is 0.0351. The van der Waals surface area contributed by atoms with Gasteiger partial charge in [0.1, 0.15) is 5.60 Å². The first kappa shape index (κ1) is 15.0. The normalized spacial score (nSPS) is 22.9. The van der Waals surface area contributed by atoms with E-state index < -0.39 is 5.60 Å². The fraction of sp³-hybridized carbons (Fsp3) is 0.588. The smallest absolute Gasteiger partial charge is 0.311 e. The third-order valence-corrected chi connectivity index (χ3v) is 3.97. The SMILES string of the molecule is Cc1cccc([C@@H]2CNC[C@H]2C(=O)OC(C)(C)C)c1C. The molecule has 0 unspecified atom stereocenters. The fourth-order valence-electron chi connectivity index (χ4n) is 2.81. The minimum absolute atomic E-state index is 0.0882. The molecule has 0 bridgehead atoms. The summed E-state index contributed by atoms with van der Waals surface area (Å²) < 4.78 is 5.56. The Balaban J connectivity index is 2.23. The summed E-state index contributed by atoms with van der Waals surface area (Å²) in [6, 6.07) is 6.32. The maximum atomic E-state index is 12.4. The summed E-state index contributed by atoms with van der Waals surface area (Å²) in [7, 11) is 0. The van der Waals surface area contributed by atoms with Crippen LogP contribution in [0.5, 0.6) is 0 Å². The molecule has 1 aliphatic heterocycles. The van der Waals surface area contributed by atoms with Crippen LogP contribution in [0.25, 0.3) is 0 Å². The van der Waals surface area contributed by atoms with Crippen LogP contribution in [0.4, 0.5) is 0 Å². The summed E-state index contributed by atoms with van der Waals surface area (Å²) >= 11 is 0. The molecule has 1 heterocycles. The molecule has 110 valence electrons. The number of carbonyl (C=O) groups excluding carboxylic acids is 1. The van der Waals surface area contributed by atoms with Crippen LogP contribution in [0.3, 0.4) is 0 Å². The first-order valence-electron chi connectivity index (χ1n) is 7.29. The van der Waals surface area contributed by atoms with E-state index >= 15 is 0 Å². The fourth-order valence-corrected chi connectivity index (χ4v) is 2.81. The molecule has 1 fully saturated rings. The Kier molecular flexibility index (Phi) is 4.19. The van der Waals surface area contributed by atoms with Crippen LogP contribution in [0.1, 0.15) is 43.4 Å². The molecule has 2 rings (SSSR count). The number of hydrogen-bond acceptors (Lipinski definition) is 3. The molecular formula is C17H25NO2. The lowest BCUT2D eigenvalue weighted by Crippen LogP contribution is -2.32. The molecular weight excluding hydrogens is 250 g/mol. The third-order valence-electron chi connectivity index (χ3n) is 3.97. The number of esters is 1. The highest BCUT2D eigenvalue weighted by Crippen LogP contribution is 2.33. The van der Waals surface area contributed by atoms with Gasteiger partial charge in [-0.05, 0) is 51.3 Å². The van der Waals surface area contributed by atoms with Crippen LogP contribution in [0.15, 0.2) is 18.2 Å². The predicted octanol–water partition coefficient (Wildman–Crippen LogP) is 2.95. The van der Waals surface area contributed by atoms with Crippen LogP contribution < -0.4 is 5.32 Å². The Labute approximate surface area is 121 Å². The van der Waals surface area contributed by atoms with Crippen molar-refractivity contribution < 1.29 is 9.53 Å². The van der Waals surface area contributed by atoms with Crippen molar-refractivity contribution in [3.8, 4) is 0 Å². The van der Waals surface area contributed by atoms with Gasteiger partial charge in [0.05, 0.1) is 5.92 Å². The van der Waals surface area contributed by atoms with Crippen molar-refractivity contribution in [1.82, 2.24) is 5.32 Å². The van der Waals surface area contributed by atoms with Crippen molar-refractivity contribution in [2.45, 2.75) is 46.1 Å². The van der Waals surface area contributed by atoms with Crippen molar-refractivity contribution in [2.24, 2.45) is 5.92 Å². The molecule has 0 aromatic heterocycles. The second kappa shape index (κ2) is 5.57. The second-order valence-corrected chi connectivity index (χ2v) is 6.69. The van der Waals surface area contributed by atoms with Gasteiger partial charge in [-0.15, -0.1) is 0 Å². The highest BCUT2D eigenvalue weighted by Gasteiger charge is 2.37. The molecule has 3 nitrogen and oxygen atoms in total. The van der Waals surface area contributed by atoms with Gasteiger partial charge in [0.25, 0.3) is 0 Å². The van der Waals surface area contributed by atoms with Crippen molar-refractivity contribution >= 4 is 5.97 Å². The lowest BCUT2D eigenvalue weighted by Gasteiger charge is -2.25. The van der Waals surface area contributed by atoms with Gasteiger partial charge in [-0.1, -0.05) is 18.2 Å². The van der Waals surface area contributed by atoms with E-state index in [9.17, 15) is 4.79 Å². The van der Waals surface area contributed by atoms with E-state index in [1.165, 1.54) is 16.7 Å². The van der Waals surface area contributed by atoms with Crippen molar-refractivity contribution in [2.75, 3.05) is 13.1 Å². The van der Waals surface area contributed by atoms with Crippen molar-refractivity contribution in [1.29, 1.82) is 0 Å². The molecule has 20 heavy (non-hydrogen) atoms. The second-order valence-electron chi connectivity index (χ2n) is 6.69.